The molecule has 0 aliphatic rings. The number of carbonyl (C=O) groups is 1. The van der Waals surface area contributed by atoms with Crippen LogP contribution in [0.1, 0.15) is 44.9 Å². The van der Waals surface area contributed by atoms with E-state index in [0.29, 0.717) is 24.1 Å². The predicted octanol–water partition coefficient (Wildman–Crippen LogP) is 5.94. The van der Waals surface area contributed by atoms with Gasteiger partial charge in [-0.05, 0) is 57.4 Å². The van der Waals surface area contributed by atoms with Crippen LogP contribution < -0.4 is 15.5 Å². The van der Waals surface area contributed by atoms with Gasteiger partial charge >= 0.3 is 6.09 Å². The van der Waals surface area contributed by atoms with E-state index in [2.05, 4.69) is 37.7 Å². The smallest absolute Gasteiger partial charge is 0.408 e. The number of ether oxygens (including phenoxy) is 1. The quantitative estimate of drug-likeness (QED) is 0.277. The van der Waals surface area contributed by atoms with Gasteiger partial charge in [-0.15, -0.1) is 0 Å². The summed E-state index contributed by atoms with van der Waals surface area (Å²) >= 11 is 0. The van der Waals surface area contributed by atoms with Gasteiger partial charge in [-0.2, -0.15) is 4.98 Å². The van der Waals surface area contributed by atoms with Crippen molar-refractivity contribution in [3.8, 4) is 11.4 Å². The van der Waals surface area contributed by atoms with Gasteiger partial charge in [0.1, 0.15) is 17.2 Å². The minimum absolute atomic E-state index is 0.174. The molecule has 4 rings (SSSR count). The molecule has 0 aliphatic carbocycles. The molecule has 0 radical (unpaired) electrons. The van der Waals surface area contributed by atoms with Crippen LogP contribution in [0.4, 0.5) is 22.4 Å². The Morgan fingerprint density at radius 3 is 2.41 bits per heavy atom. The molecule has 0 fully saturated rings. The third-order valence-corrected chi connectivity index (χ3v) is 5.88. The molecule has 2 heterocycles. The maximum absolute atomic E-state index is 12.1. The number of benzene rings is 2. The summed E-state index contributed by atoms with van der Waals surface area (Å²) in [6.45, 7) is 8.13. The van der Waals surface area contributed by atoms with Gasteiger partial charge in [0.2, 0.25) is 5.95 Å². The molecule has 4 aromatic rings. The summed E-state index contributed by atoms with van der Waals surface area (Å²) < 4.78 is 5.37. The Morgan fingerprint density at radius 2 is 1.67 bits per heavy atom. The molecule has 0 saturated heterocycles. The molecule has 0 unspecified atom stereocenters. The van der Waals surface area contributed by atoms with Gasteiger partial charge in [-0.25, -0.2) is 19.7 Å². The molecule has 202 valence electrons. The van der Waals surface area contributed by atoms with Crippen molar-refractivity contribution < 1.29 is 9.53 Å². The molecule has 39 heavy (non-hydrogen) atoms. The highest BCUT2D eigenvalue weighted by atomic mass is 16.6. The largest absolute Gasteiger partial charge is 0.444 e. The van der Waals surface area contributed by atoms with Crippen molar-refractivity contribution in [2.45, 2.75) is 45.8 Å². The lowest BCUT2D eigenvalue weighted by Gasteiger charge is -2.22. The fraction of sp³-hybridized carbons (Fsp3) is 0.300. The van der Waals surface area contributed by atoms with E-state index in [0.717, 1.165) is 28.9 Å². The first-order valence-electron chi connectivity index (χ1n) is 13.0. The lowest BCUT2D eigenvalue weighted by molar-refractivity contribution is 0.0508. The van der Waals surface area contributed by atoms with Crippen LogP contribution in [0.2, 0.25) is 0 Å². The van der Waals surface area contributed by atoms with Gasteiger partial charge < -0.3 is 20.3 Å². The van der Waals surface area contributed by atoms with Crippen LogP contribution in [-0.2, 0) is 11.2 Å². The van der Waals surface area contributed by atoms with E-state index in [1.807, 2.05) is 94.2 Å². The number of aromatic nitrogens is 4. The van der Waals surface area contributed by atoms with Crippen LogP contribution in [0.15, 0.2) is 79.1 Å². The zero-order valence-corrected chi connectivity index (χ0v) is 23.0. The Bertz CT molecular complexity index is 1390. The van der Waals surface area contributed by atoms with Crippen molar-refractivity contribution in [2.75, 3.05) is 23.8 Å². The van der Waals surface area contributed by atoms with E-state index < -0.39 is 11.7 Å². The van der Waals surface area contributed by atoms with Crippen molar-refractivity contribution >= 4 is 23.7 Å². The fourth-order valence-electron chi connectivity index (χ4n) is 3.91. The Balaban J connectivity index is 1.35. The van der Waals surface area contributed by atoms with Gasteiger partial charge in [0, 0.05) is 31.5 Å². The van der Waals surface area contributed by atoms with Crippen LogP contribution in [-0.4, -0.2) is 45.2 Å². The summed E-state index contributed by atoms with van der Waals surface area (Å²) in [7, 11) is 1.92. The van der Waals surface area contributed by atoms with Crippen LogP contribution in [0.5, 0.6) is 0 Å². The zero-order chi connectivity index (χ0) is 27.8. The van der Waals surface area contributed by atoms with Crippen LogP contribution in [0.25, 0.3) is 11.4 Å². The standard InChI is InChI=1S/C30H35N7O2/c1-21(34-29(38)39-30(2,3)4)24-13-9-10-22(20-24)14-17-32-28-33-19-16-26(36-28)37(5)25-15-18-31-27(35-25)23-11-7-6-8-12-23/h6-13,15-16,18-21H,14,17H2,1-5H3,(H,34,38)(H,32,33,36)/t21-/m1/s1. The molecule has 2 aromatic carbocycles. The molecule has 9 nitrogen and oxygen atoms in total. The lowest BCUT2D eigenvalue weighted by Crippen LogP contribution is -2.34. The predicted molar refractivity (Wildman–Crippen MR) is 154 cm³/mol. The Morgan fingerprint density at radius 1 is 0.949 bits per heavy atom. The Kier molecular flexibility index (Phi) is 8.70. The number of anilines is 3. The summed E-state index contributed by atoms with van der Waals surface area (Å²) in [4.78, 5) is 32.2. The van der Waals surface area contributed by atoms with Crippen molar-refractivity contribution in [2.24, 2.45) is 0 Å². The van der Waals surface area contributed by atoms with E-state index in [1.54, 1.807) is 12.4 Å². The third kappa shape index (κ3) is 7.98. The molecule has 9 heteroatoms. The first-order chi connectivity index (χ1) is 18.7. The second kappa shape index (κ2) is 12.3. The van der Waals surface area contributed by atoms with Gasteiger partial charge in [0.05, 0.1) is 6.04 Å². The summed E-state index contributed by atoms with van der Waals surface area (Å²) in [6.07, 6.45) is 3.82. The van der Waals surface area contributed by atoms with Gasteiger partial charge in [-0.3, -0.25) is 0 Å². The van der Waals surface area contributed by atoms with Crippen molar-refractivity contribution in [3.63, 3.8) is 0 Å². The normalized spacial score (nSPS) is 11.9. The molecular weight excluding hydrogens is 490 g/mol. The molecule has 2 N–H and O–H groups in total. The Hall–Kier alpha value is -4.53. The number of rotatable bonds is 9. The summed E-state index contributed by atoms with van der Waals surface area (Å²) in [5, 5.41) is 6.21. The van der Waals surface area contributed by atoms with Crippen LogP contribution >= 0.6 is 0 Å². The van der Waals surface area contributed by atoms with E-state index >= 15 is 0 Å². The number of alkyl carbamates (subject to hydrolysis) is 1. The monoisotopic (exact) mass is 525 g/mol. The van der Waals surface area contributed by atoms with Crippen molar-refractivity contribution in [3.05, 3.63) is 90.3 Å². The van der Waals surface area contributed by atoms with E-state index in [-0.39, 0.29) is 6.04 Å². The van der Waals surface area contributed by atoms with E-state index in [4.69, 9.17) is 9.72 Å². The molecule has 2 aromatic heterocycles. The first kappa shape index (κ1) is 27.5. The van der Waals surface area contributed by atoms with Crippen LogP contribution in [0.3, 0.4) is 0 Å². The first-order valence-corrected chi connectivity index (χ1v) is 13.0. The van der Waals surface area contributed by atoms with Crippen molar-refractivity contribution in [1.29, 1.82) is 0 Å². The lowest BCUT2D eigenvalue weighted by atomic mass is 10.0. The third-order valence-electron chi connectivity index (χ3n) is 5.88. The summed E-state index contributed by atoms with van der Waals surface area (Å²) in [5.41, 5.74) is 2.57. The number of hydrogen-bond donors (Lipinski definition) is 2. The molecular formula is C30H35N7O2. The van der Waals surface area contributed by atoms with Crippen LogP contribution in [0, 0.1) is 0 Å². The van der Waals surface area contributed by atoms with Gasteiger partial charge in [0.25, 0.3) is 0 Å². The molecule has 0 bridgehead atoms. The average molecular weight is 526 g/mol. The zero-order valence-electron chi connectivity index (χ0n) is 23.0. The molecule has 0 saturated carbocycles. The molecule has 0 aliphatic heterocycles. The topological polar surface area (TPSA) is 105 Å². The fourth-order valence-corrected chi connectivity index (χ4v) is 3.91. The molecule has 1 atom stereocenters. The number of carbonyl (C=O) groups excluding carboxylic acids is 1. The maximum Gasteiger partial charge on any atom is 0.408 e. The highest BCUT2D eigenvalue weighted by Crippen LogP contribution is 2.23. The van der Waals surface area contributed by atoms with Gasteiger partial charge in [-0.1, -0.05) is 54.6 Å². The number of nitrogens with zero attached hydrogens (tertiary/aromatic N) is 5. The summed E-state index contributed by atoms with van der Waals surface area (Å²) in [5.74, 6) is 2.65. The number of amides is 1. The van der Waals surface area contributed by atoms with Gasteiger partial charge in [0.15, 0.2) is 5.82 Å². The second-order valence-corrected chi connectivity index (χ2v) is 10.2. The average Bonchev–Trinajstić information content (AvgIpc) is 2.92. The minimum Gasteiger partial charge on any atom is -0.444 e. The number of hydrogen-bond acceptors (Lipinski definition) is 8. The second-order valence-electron chi connectivity index (χ2n) is 10.2. The highest BCUT2D eigenvalue weighted by molar-refractivity contribution is 5.68. The van der Waals surface area contributed by atoms with Crippen molar-refractivity contribution in [1.82, 2.24) is 25.3 Å². The Labute approximate surface area is 229 Å². The molecule has 0 spiro atoms. The maximum atomic E-state index is 12.1. The number of nitrogens with one attached hydrogen (secondary N) is 2. The van der Waals surface area contributed by atoms with E-state index in [9.17, 15) is 4.79 Å². The summed E-state index contributed by atoms with van der Waals surface area (Å²) in [6, 6.07) is 21.6. The highest BCUT2D eigenvalue weighted by Gasteiger charge is 2.18. The minimum atomic E-state index is -0.536. The van der Waals surface area contributed by atoms with E-state index in [1.165, 1.54) is 0 Å². The molecule has 1 amide bonds. The SMILES string of the molecule is C[C@@H](NC(=O)OC(C)(C)C)c1cccc(CCNc2nccc(N(C)c3ccnc(-c4ccccc4)n3)n2)c1.